The molecule has 0 aromatic heterocycles. The summed E-state index contributed by atoms with van der Waals surface area (Å²) in [6.45, 7) is 14.6. The van der Waals surface area contributed by atoms with Gasteiger partial charge < -0.3 is 5.73 Å². The zero-order valence-electron chi connectivity index (χ0n) is 12.8. The highest BCUT2D eigenvalue weighted by molar-refractivity contribution is 5.95. The van der Waals surface area contributed by atoms with E-state index in [1.54, 1.807) is 0 Å². The molecule has 2 N–H and O–H groups in total. The second kappa shape index (κ2) is 7.20. The van der Waals surface area contributed by atoms with Crippen LogP contribution in [0.15, 0.2) is 12.1 Å². The molecule has 0 bridgehead atoms. The molecule has 0 fully saturated rings. The minimum atomic E-state index is -0.328. The van der Waals surface area contributed by atoms with Crippen molar-refractivity contribution >= 4 is 5.91 Å². The van der Waals surface area contributed by atoms with Crippen LogP contribution in [0.5, 0.6) is 0 Å². The van der Waals surface area contributed by atoms with Crippen molar-refractivity contribution in [3.63, 3.8) is 0 Å². The Morgan fingerprint density at radius 2 is 1.44 bits per heavy atom. The van der Waals surface area contributed by atoms with E-state index in [0.717, 1.165) is 5.56 Å². The molecule has 18 heavy (non-hydrogen) atoms. The molecule has 1 aromatic rings. The maximum atomic E-state index is 11.4. The first-order valence-corrected chi connectivity index (χ1v) is 6.79. The molecule has 1 aromatic carbocycles. The van der Waals surface area contributed by atoms with Crippen molar-refractivity contribution in [3.8, 4) is 0 Å². The molecule has 0 aliphatic heterocycles. The van der Waals surface area contributed by atoms with Crippen LogP contribution in [0.4, 0.5) is 0 Å². The molecule has 1 rings (SSSR count). The van der Waals surface area contributed by atoms with Crippen LogP contribution >= 0.6 is 0 Å². The molecule has 1 amide bonds. The standard InChI is InChI=1S/C14H21NO.C2H6/c1-8(2)12-10(5)6-7-11(14(15)16)13(12)9(3)4;1-2/h6-9H,1-5H3,(H2,15,16);1-2H3. The van der Waals surface area contributed by atoms with Gasteiger partial charge in [0, 0.05) is 5.56 Å². The van der Waals surface area contributed by atoms with Gasteiger partial charge in [0.25, 0.3) is 0 Å². The molecule has 0 unspecified atom stereocenters. The van der Waals surface area contributed by atoms with Gasteiger partial charge >= 0.3 is 0 Å². The number of carbonyl (C=O) groups is 1. The average Bonchev–Trinajstić information content (AvgIpc) is 2.30. The van der Waals surface area contributed by atoms with Gasteiger partial charge in [0.2, 0.25) is 5.91 Å². The van der Waals surface area contributed by atoms with E-state index in [2.05, 4.69) is 34.6 Å². The Labute approximate surface area is 112 Å². The van der Waals surface area contributed by atoms with Crippen LogP contribution in [0.3, 0.4) is 0 Å². The van der Waals surface area contributed by atoms with Gasteiger partial charge in [-0.2, -0.15) is 0 Å². The highest BCUT2D eigenvalue weighted by Gasteiger charge is 2.19. The highest BCUT2D eigenvalue weighted by atomic mass is 16.1. The van der Waals surface area contributed by atoms with Gasteiger partial charge in [0.1, 0.15) is 0 Å². The number of hydrogen-bond donors (Lipinski definition) is 1. The zero-order valence-corrected chi connectivity index (χ0v) is 12.8. The molecule has 0 saturated carbocycles. The largest absolute Gasteiger partial charge is 0.366 e. The van der Waals surface area contributed by atoms with Crippen molar-refractivity contribution in [2.75, 3.05) is 0 Å². The SMILES string of the molecule is CC.Cc1ccc(C(N)=O)c(C(C)C)c1C(C)C. The Hall–Kier alpha value is -1.31. The zero-order chi connectivity index (χ0) is 14.5. The third-order valence-electron chi connectivity index (χ3n) is 2.93. The Morgan fingerprint density at radius 1 is 1.00 bits per heavy atom. The van der Waals surface area contributed by atoms with Crippen molar-refractivity contribution < 1.29 is 4.79 Å². The fourth-order valence-electron chi connectivity index (χ4n) is 2.35. The van der Waals surface area contributed by atoms with Crippen molar-refractivity contribution in [2.24, 2.45) is 5.73 Å². The van der Waals surface area contributed by atoms with Crippen molar-refractivity contribution in [2.45, 2.75) is 60.3 Å². The fraction of sp³-hybridized carbons (Fsp3) is 0.562. The van der Waals surface area contributed by atoms with Gasteiger partial charge in [0.05, 0.1) is 0 Å². The number of nitrogens with two attached hydrogens (primary N) is 1. The summed E-state index contributed by atoms with van der Waals surface area (Å²) < 4.78 is 0. The second-order valence-corrected chi connectivity index (χ2v) is 4.93. The molecule has 2 nitrogen and oxygen atoms in total. The third-order valence-corrected chi connectivity index (χ3v) is 2.93. The van der Waals surface area contributed by atoms with Crippen LogP contribution in [0.25, 0.3) is 0 Å². The third kappa shape index (κ3) is 3.59. The smallest absolute Gasteiger partial charge is 0.248 e. The maximum absolute atomic E-state index is 11.4. The van der Waals surface area contributed by atoms with Crippen LogP contribution in [0.2, 0.25) is 0 Å². The Morgan fingerprint density at radius 3 is 1.78 bits per heavy atom. The van der Waals surface area contributed by atoms with E-state index in [0.29, 0.717) is 17.4 Å². The molecule has 0 heterocycles. The number of amides is 1. The molecule has 102 valence electrons. The fourth-order valence-corrected chi connectivity index (χ4v) is 2.35. The highest BCUT2D eigenvalue weighted by Crippen LogP contribution is 2.31. The van der Waals surface area contributed by atoms with E-state index in [4.69, 9.17) is 5.73 Å². The first-order valence-electron chi connectivity index (χ1n) is 6.79. The van der Waals surface area contributed by atoms with Crippen molar-refractivity contribution in [3.05, 3.63) is 34.4 Å². The first-order chi connectivity index (χ1) is 8.36. The minimum Gasteiger partial charge on any atom is -0.366 e. The molecule has 0 radical (unpaired) electrons. The van der Waals surface area contributed by atoms with Crippen LogP contribution < -0.4 is 5.73 Å². The van der Waals surface area contributed by atoms with Gasteiger partial charge in [-0.1, -0.05) is 47.6 Å². The summed E-state index contributed by atoms with van der Waals surface area (Å²) in [6, 6.07) is 3.83. The van der Waals surface area contributed by atoms with Gasteiger partial charge in [-0.25, -0.2) is 0 Å². The van der Waals surface area contributed by atoms with E-state index in [-0.39, 0.29) is 5.91 Å². The van der Waals surface area contributed by atoms with Gasteiger partial charge in [-0.05, 0) is 41.5 Å². The summed E-state index contributed by atoms with van der Waals surface area (Å²) in [7, 11) is 0. The quantitative estimate of drug-likeness (QED) is 0.849. The molecular weight excluding hydrogens is 222 g/mol. The molecule has 0 spiro atoms. The number of benzene rings is 1. The number of rotatable bonds is 3. The van der Waals surface area contributed by atoms with Crippen molar-refractivity contribution in [1.82, 2.24) is 0 Å². The minimum absolute atomic E-state index is 0.319. The van der Waals surface area contributed by atoms with E-state index in [1.807, 2.05) is 26.0 Å². The van der Waals surface area contributed by atoms with Gasteiger partial charge in [-0.3, -0.25) is 4.79 Å². The molecule has 0 saturated heterocycles. The van der Waals surface area contributed by atoms with Crippen LogP contribution in [-0.2, 0) is 0 Å². The lowest BCUT2D eigenvalue weighted by Gasteiger charge is -2.21. The summed E-state index contributed by atoms with van der Waals surface area (Å²) in [4.78, 5) is 11.4. The van der Waals surface area contributed by atoms with E-state index >= 15 is 0 Å². The Kier molecular flexibility index (Phi) is 6.67. The summed E-state index contributed by atoms with van der Waals surface area (Å²) in [5.41, 5.74) is 9.73. The Bertz CT molecular complexity index is 406. The van der Waals surface area contributed by atoms with E-state index < -0.39 is 0 Å². The van der Waals surface area contributed by atoms with Gasteiger partial charge in [-0.15, -0.1) is 0 Å². The molecule has 2 heteroatoms. The number of carbonyl (C=O) groups excluding carboxylic acids is 1. The predicted octanol–water partition coefficient (Wildman–Crippen LogP) is 4.37. The van der Waals surface area contributed by atoms with Gasteiger partial charge in [0.15, 0.2) is 0 Å². The summed E-state index contributed by atoms with van der Waals surface area (Å²) in [5, 5.41) is 0. The number of aryl methyl sites for hydroxylation is 1. The first kappa shape index (κ1) is 16.7. The van der Waals surface area contributed by atoms with Crippen LogP contribution in [0.1, 0.15) is 80.4 Å². The summed E-state index contributed by atoms with van der Waals surface area (Å²) >= 11 is 0. The lowest BCUT2D eigenvalue weighted by molar-refractivity contribution is 0.0999. The molecular formula is C16H27NO. The van der Waals surface area contributed by atoms with Crippen LogP contribution in [-0.4, -0.2) is 5.91 Å². The maximum Gasteiger partial charge on any atom is 0.248 e. The van der Waals surface area contributed by atoms with Crippen LogP contribution in [0, 0.1) is 6.92 Å². The van der Waals surface area contributed by atoms with Crippen molar-refractivity contribution in [1.29, 1.82) is 0 Å². The molecule has 0 aliphatic rings. The lowest BCUT2D eigenvalue weighted by atomic mass is 9.84. The monoisotopic (exact) mass is 249 g/mol. The van der Waals surface area contributed by atoms with E-state index in [1.165, 1.54) is 11.1 Å². The lowest BCUT2D eigenvalue weighted by Crippen LogP contribution is -2.17. The molecule has 0 aliphatic carbocycles. The number of primary amides is 1. The number of hydrogen-bond acceptors (Lipinski definition) is 1. The topological polar surface area (TPSA) is 43.1 Å². The summed E-state index contributed by atoms with van der Waals surface area (Å²) in [6.07, 6.45) is 0. The average molecular weight is 249 g/mol. The molecule has 0 atom stereocenters. The van der Waals surface area contributed by atoms with E-state index in [9.17, 15) is 4.79 Å². The normalized spacial score (nSPS) is 10.3. The second-order valence-electron chi connectivity index (χ2n) is 4.93. The Balaban J connectivity index is 0.00000137. The summed E-state index contributed by atoms with van der Waals surface area (Å²) in [5.74, 6) is 0.405. The predicted molar refractivity (Wildman–Crippen MR) is 79.2 cm³/mol.